The maximum Gasteiger partial charge on any atom is 0.289 e. The summed E-state index contributed by atoms with van der Waals surface area (Å²) in [5, 5.41) is 4.30. The quantitative estimate of drug-likeness (QED) is 0.833. The second kappa shape index (κ2) is 4.46. The van der Waals surface area contributed by atoms with Crippen molar-refractivity contribution in [3.8, 4) is 0 Å². The maximum absolute atomic E-state index is 12.3. The zero-order chi connectivity index (χ0) is 12.5. The van der Waals surface area contributed by atoms with Crippen LogP contribution in [0.5, 0.6) is 0 Å². The summed E-state index contributed by atoms with van der Waals surface area (Å²) in [4.78, 5) is 14.2. The Balaban J connectivity index is 1.87. The van der Waals surface area contributed by atoms with Crippen LogP contribution in [0.15, 0.2) is 34.7 Å². The van der Waals surface area contributed by atoms with Crippen LogP contribution in [0.25, 0.3) is 11.0 Å². The monoisotopic (exact) mass is 244 g/mol. The predicted molar refractivity (Wildman–Crippen MR) is 69.6 cm³/mol. The summed E-state index contributed by atoms with van der Waals surface area (Å²) in [6.45, 7) is 4.39. The number of hydrogen-bond donors (Lipinski definition) is 1. The van der Waals surface area contributed by atoms with E-state index in [9.17, 15) is 4.79 Å². The van der Waals surface area contributed by atoms with E-state index in [2.05, 4.69) is 12.2 Å². The molecular weight excluding hydrogens is 228 g/mol. The lowest BCUT2D eigenvalue weighted by Gasteiger charge is -2.31. The number of rotatable bonds is 1. The Hall–Kier alpha value is -1.81. The molecule has 94 valence electrons. The minimum absolute atomic E-state index is 0.0143. The van der Waals surface area contributed by atoms with E-state index >= 15 is 0 Å². The van der Waals surface area contributed by atoms with Crippen LogP contribution < -0.4 is 5.32 Å². The number of nitrogens with one attached hydrogen (secondary N) is 1. The highest BCUT2D eigenvalue weighted by Gasteiger charge is 2.24. The van der Waals surface area contributed by atoms with Crippen LogP contribution in [-0.4, -0.2) is 36.5 Å². The molecule has 3 rings (SSSR count). The molecule has 2 heterocycles. The molecule has 0 unspecified atom stereocenters. The second-order valence-corrected chi connectivity index (χ2v) is 4.75. The van der Waals surface area contributed by atoms with Gasteiger partial charge in [0.25, 0.3) is 5.91 Å². The summed E-state index contributed by atoms with van der Waals surface area (Å²) in [7, 11) is 0. The van der Waals surface area contributed by atoms with Crippen LogP contribution >= 0.6 is 0 Å². The lowest BCUT2D eigenvalue weighted by molar-refractivity contribution is 0.0679. The van der Waals surface area contributed by atoms with E-state index in [0.29, 0.717) is 11.8 Å². The number of piperazine rings is 1. The molecule has 1 aliphatic heterocycles. The first-order valence-corrected chi connectivity index (χ1v) is 6.25. The van der Waals surface area contributed by atoms with Crippen molar-refractivity contribution in [2.75, 3.05) is 19.6 Å². The minimum Gasteiger partial charge on any atom is -0.451 e. The summed E-state index contributed by atoms with van der Waals surface area (Å²) >= 11 is 0. The zero-order valence-corrected chi connectivity index (χ0v) is 10.3. The van der Waals surface area contributed by atoms with Crippen molar-refractivity contribution < 1.29 is 9.21 Å². The SMILES string of the molecule is C[C@H]1CN(C(=O)c2cc3ccccc3o2)CCN1. The number of para-hydroxylation sites is 1. The van der Waals surface area contributed by atoms with Gasteiger partial charge >= 0.3 is 0 Å². The van der Waals surface area contributed by atoms with Crippen molar-refractivity contribution in [2.45, 2.75) is 13.0 Å². The number of amides is 1. The molecule has 4 heteroatoms. The molecule has 1 amide bonds. The fourth-order valence-electron chi connectivity index (χ4n) is 2.36. The Morgan fingerprint density at radius 1 is 1.44 bits per heavy atom. The molecular formula is C14H16N2O2. The molecule has 0 bridgehead atoms. The van der Waals surface area contributed by atoms with Gasteiger partial charge in [-0.3, -0.25) is 4.79 Å². The highest BCUT2D eigenvalue weighted by atomic mass is 16.3. The standard InChI is InChI=1S/C14H16N2O2/c1-10-9-16(7-6-15-10)14(17)13-8-11-4-2-3-5-12(11)18-13/h2-5,8,10,15H,6-7,9H2,1H3/t10-/m0/s1. The Labute approximate surface area is 106 Å². The fourth-order valence-corrected chi connectivity index (χ4v) is 2.36. The number of hydrogen-bond acceptors (Lipinski definition) is 3. The Morgan fingerprint density at radius 3 is 3.06 bits per heavy atom. The molecule has 2 aromatic rings. The predicted octanol–water partition coefficient (Wildman–Crippen LogP) is 1.87. The average molecular weight is 244 g/mol. The van der Waals surface area contributed by atoms with Crippen LogP contribution in [-0.2, 0) is 0 Å². The molecule has 0 saturated carbocycles. The van der Waals surface area contributed by atoms with E-state index in [1.54, 1.807) is 0 Å². The van der Waals surface area contributed by atoms with E-state index in [-0.39, 0.29) is 5.91 Å². The van der Waals surface area contributed by atoms with Gasteiger partial charge in [-0.25, -0.2) is 0 Å². The number of carbonyl (C=O) groups excluding carboxylic acids is 1. The van der Waals surface area contributed by atoms with E-state index in [0.717, 1.165) is 30.6 Å². The number of fused-ring (bicyclic) bond motifs is 1. The summed E-state index contributed by atoms with van der Waals surface area (Å²) in [5.74, 6) is 0.421. The molecule has 1 aromatic carbocycles. The van der Waals surface area contributed by atoms with Crippen molar-refractivity contribution in [1.82, 2.24) is 10.2 Å². The van der Waals surface area contributed by atoms with Crippen molar-refractivity contribution >= 4 is 16.9 Å². The highest BCUT2D eigenvalue weighted by Crippen LogP contribution is 2.20. The lowest BCUT2D eigenvalue weighted by Crippen LogP contribution is -2.51. The van der Waals surface area contributed by atoms with Crippen LogP contribution in [0.3, 0.4) is 0 Å². The van der Waals surface area contributed by atoms with Crippen molar-refractivity contribution in [1.29, 1.82) is 0 Å². The van der Waals surface area contributed by atoms with Crippen LogP contribution in [0, 0.1) is 0 Å². The van der Waals surface area contributed by atoms with Gasteiger partial charge in [-0.05, 0) is 19.1 Å². The summed E-state index contributed by atoms with van der Waals surface area (Å²) in [6.07, 6.45) is 0. The molecule has 1 saturated heterocycles. The van der Waals surface area contributed by atoms with Crippen molar-refractivity contribution in [3.05, 3.63) is 36.1 Å². The van der Waals surface area contributed by atoms with Gasteiger partial charge in [0.1, 0.15) is 5.58 Å². The molecule has 18 heavy (non-hydrogen) atoms. The number of furan rings is 1. The van der Waals surface area contributed by atoms with Gasteiger partial charge < -0.3 is 14.6 Å². The van der Waals surface area contributed by atoms with Gasteiger partial charge in [0.05, 0.1) is 0 Å². The largest absolute Gasteiger partial charge is 0.451 e. The molecule has 1 fully saturated rings. The normalized spacial score (nSPS) is 20.3. The van der Waals surface area contributed by atoms with Crippen molar-refractivity contribution in [2.24, 2.45) is 0 Å². The van der Waals surface area contributed by atoms with E-state index in [1.807, 2.05) is 35.2 Å². The molecule has 0 radical (unpaired) electrons. The first kappa shape index (κ1) is 11.3. The number of carbonyl (C=O) groups is 1. The first-order chi connectivity index (χ1) is 8.74. The van der Waals surface area contributed by atoms with Gasteiger partial charge in [0, 0.05) is 31.1 Å². The average Bonchev–Trinajstić information content (AvgIpc) is 2.81. The fraction of sp³-hybridized carbons (Fsp3) is 0.357. The summed E-state index contributed by atoms with van der Waals surface area (Å²) in [5.41, 5.74) is 0.768. The molecule has 1 atom stereocenters. The first-order valence-electron chi connectivity index (χ1n) is 6.25. The zero-order valence-electron chi connectivity index (χ0n) is 10.3. The number of nitrogens with zero attached hydrogens (tertiary/aromatic N) is 1. The third kappa shape index (κ3) is 1.99. The Kier molecular flexibility index (Phi) is 2.80. The van der Waals surface area contributed by atoms with E-state index in [1.165, 1.54) is 0 Å². The maximum atomic E-state index is 12.3. The smallest absolute Gasteiger partial charge is 0.289 e. The van der Waals surface area contributed by atoms with Gasteiger partial charge in [0.2, 0.25) is 0 Å². The van der Waals surface area contributed by atoms with Gasteiger partial charge in [-0.2, -0.15) is 0 Å². The molecule has 1 N–H and O–H groups in total. The van der Waals surface area contributed by atoms with Gasteiger partial charge in [0.15, 0.2) is 5.76 Å². The molecule has 4 nitrogen and oxygen atoms in total. The minimum atomic E-state index is -0.0143. The van der Waals surface area contributed by atoms with Crippen LogP contribution in [0.4, 0.5) is 0 Å². The Bertz CT molecular complexity index is 543. The lowest BCUT2D eigenvalue weighted by atomic mass is 10.2. The topological polar surface area (TPSA) is 45.5 Å². The molecule has 1 aromatic heterocycles. The molecule has 0 aliphatic carbocycles. The second-order valence-electron chi connectivity index (χ2n) is 4.75. The summed E-state index contributed by atoms with van der Waals surface area (Å²) < 4.78 is 5.61. The van der Waals surface area contributed by atoms with E-state index < -0.39 is 0 Å². The number of benzene rings is 1. The summed E-state index contributed by atoms with van der Waals surface area (Å²) in [6, 6.07) is 9.85. The van der Waals surface area contributed by atoms with Crippen LogP contribution in [0.2, 0.25) is 0 Å². The van der Waals surface area contributed by atoms with E-state index in [4.69, 9.17) is 4.42 Å². The third-order valence-corrected chi connectivity index (χ3v) is 3.29. The Morgan fingerprint density at radius 2 is 2.28 bits per heavy atom. The highest BCUT2D eigenvalue weighted by molar-refractivity contribution is 5.96. The van der Waals surface area contributed by atoms with Gasteiger partial charge in [-0.15, -0.1) is 0 Å². The van der Waals surface area contributed by atoms with Crippen molar-refractivity contribution in [3.63, 3.8) is 0 Å². The van der Waals surface area contributed by atoms with Gasteiger partial charge in [-0.1, -0.05) is 18.2 Å². The third-order valence-electron chi connectivity index (χ3n) is 3.29. The molecule has 0 spiro atoms. The molecule has 1 aliphatic rings. The van der Waals surface area contributed by atoms with Crippen LogP contribution in [0.1, 0.15) is 17.5 Å².